The molecule has 0 spiro atoms. The van der Waals surface area contributed by atoms with E-state index in [1.54, 1.807) is 25.1 Å². The number of nitrogens with two attached hydrogens (primary N) is 1. The summed E-state index contributed by atoms with van der Waals surface area (Å²) in [5.74, 6) is 0.834. The molecule has 1 amide bonds. The number of hydrogen-bond donors (Lipinski definition) is 1. The van der Waals surface area contributed by atoms with Gasteiger partial charge < -0.3 is 15.4 Å². The number of ether oxygens (including phenoxy) is 1. The summed E-state index contributed by atoms with van der Waals surface area (Å²) >= 11 is 0. The fraction of sp³-hybridized carbons (Fsp3) is 0.364. The third-order valence-electron chi connectivity index (χ3n) is 2.79. The van der Waals surface area contributed by atoms with Crippen LogP contribution in [0.1, 0.15) is 12.0 Å². The Balaban J connectivity index is 2.58. The highest BCUT2D eigenvalue weighted by molar-refractivity contribution is 5.97. The molecule has 0 aromatic heterocycles. The number of amides is 1. The first-order valence-corrected chi connectivity index (χ1v) is 4.87. The molecule has 0 saturated heterocycles. The quantitative estimate of drug-likeness (QED) is 0.702. The standard InChI is InChI=1S/C11H14N2O2/c1-13-9-5-4-8(12)11(15-2)7(9)3-6-10(13)14/h4-5H,3,6,12H2,1-2H3. The number of anilines is 2. The largest absolute Gasteiger partial charge is 0.494 e. The van der Waals surface area contributed by atoms with Crippen LogP contribution in [0.5, 0.6) is 5.75 Å². The van der Waals surface area contributed by atoms with Gasteiger partial charge in [0.1, 0.15) is 5.75 Å². The normalized spacial score (nSPS) is 15.1. The lowest BCUT2D eigenvalue weighted by Crippen LogP contribution is -2.31. The van der Waals surface area contributed by atoms with Gasteiger partial charge >= 0.3 is 0 Å². The Morgan fingerprint density at radius 3 is 2.80 bits per heavy atom. The molecule has 1 heterocycles. The highest BCUT2D eigenvalue weighted by Crippen LogP contribution is 2.37. The SMILES string of the molecule is COc1c(N)ccc2c1CCC(=O)N2C. The summed E-state index contributed by atoms with van der Waals surface area (Å²) < 4.78 is 5.26. The summed E-state index contributed by atoms with van der Waals surface area (Å²) in [6.07, 6.45) is 1.22. The Hall–Kier alpha value is -1.71. The highest BCUT2D eigenvalue weighted by Gasteiger charge is 2.24. The summed E-state index contributed by atoms with van der Waals surface area (Å²) in [5, 5.41) is 0. The number of carbonyl (C=O) groups is 1. The van der Waals surface area contributed by atoms with E-state index in [9.17, 15) is 4.79 Å². The van der Waals surface area contributed by atoms with Gasteiger partial charge in [-0.05, 0) is 18.6 Å². The average molecular weight is 206 g/mol. The molecule has 1 aromatic carbocycles. The zero-order chi connectivity index (χ0) is 11.0. The summed E-state index contributed by atoms with van der Waals surface area (Å²) in [6.45, 7) is 0. The van der Waals surface area contributed by atoms with Crippen molar-refractivity contribution < 1.29 is 9.53 Å². The molecule has 0 bridgehead atoms. The third-order valence-corrected chi connectivity index (χ3v) is 2.79. The van der Waals surface area contributed by atoms with E-state index in [1.807, 2.05) is 6.07 Å². The van der Waals surface area contributed by atoms with Crippen molar-refractivity contribution in [1.82, 2.24) is 0 Å². The Morgan fingerprint density at radius 2 is 2.13 bits per heavy atom. The van der Waals surface area contributed by atoms with Crippen molar-refractivity contribution in [2.24, 2.45) is 0 Å². The minimum Gasteiger partial charge on any atom is -0.494 e. The third kappa shape index (κ3) is 1.42. The number of benzene rings is 1. The first kappa shape index (κ1) is 9.83. The molecule has 1 aliphatic rings. The van der Waals surface area contributed by atoms with Gasteiger partial charge in [0, 0.05) is 19.0 Å². The lowest BCUT2D eigenvalue weighted by molar-refractivity contribution is -0.118. The van der Waals surface area contributed by atoms with Crippen LogP contribution in [0, 0.1) is 0 Å². The first-order valence-electron chi connectivity index (χ1n) is 4.87. The summed E-state index contributed by atoms with van der Waals surface area (Å²) in [4.78, 5) is 13.1. The van der Waals surface area contributed by atoms with Crippen LogP contribution < -0.4 is 15.4 Å². The predicted octanol–water partition coefficient (Wildman–Crippen LogP) is 1.19. The summed E-state index contributed by atoms with van der Waals surface area (Å²) in [6, 6.07) is 3.64. The maximum absolute atomic E-state index is 11.5. The van der Waals surface area contributed by atoms with Gasteiger partial charge in [-0.15, -0.1) is 0 Å². The molecule has 1 aromatic rings. The summed E-state index contributed by atoms with van der Waals surface area (Å²) in [7, 11) is 3.37. The maximum Gasteiger partial charge on any atom is 0.227 e. The molecule has 0 atom stereocenters. The van der Waals surface area contributed by atoms with Crippen LogP contribution in [0.3, 0.4) is 0 Å². The van der Waals surface area contributed by atoms with Crippen LogP contribution in [0.2, 0.25) is 0 Å². The molecule has 4 heteroatoms. The van der Waals surface area contributed by atoms with Crippen molar-refractivity contribution in [2.45, 2.75) is 12.8 Å². The van der Waals surface area contributed by atoms with E-state index >= 15 is 0 Å². The zero-order valence-corrected chi connectivity index (χ0v) is 8.91. The number of nitrogens with zero attached hydrogens (tertiary/aromatic N) is 1. The highest BCUT2D eigenvalue weighted by atomic mass is 16.5. The predicted molar refractivity (Wildman–Crippen MR) is 59.1 cm³/mol. The smallest absolute Gasteiger partial charge is 0.227 e. The van der Waals surface area contributed by atoms with Gasteiger partial charge in [-0.2, -0.15) is 0 Å². The Kier molecular flexibility index (Phi) is 2.26. The van der Waals surface area contributed by atoms with E-state index < -0.39 is 0 Å². The minimum atomic E-state index is 0.134. The second-order valence-corrected chi connectivity index (χ2v) is 3.64. The van der Waals surface area contributed by atoms with Gasteiger partial charge in [0.05, 0.1) is 18.5 Å². The fourth-order valence-electron chi connectivity index (χ4n) is 1.97. The molecular formula is C11H14N2O2. The van der Waals surface area contributed by atoms with E-state index in [4.69, 9.17) is 10.5 Å². The molecule has 80 valence electrons. The molecule has 15 heavy (non-hydrogen) atoms. The van der Waals surface area contributed by atoms with Crippen LogP contribution in [0.4, 0.5) is 11.4 Å². The molecule has 2 N–H and O–H groups in total. The molecule has 2 rings (SSSR count). The van der Waals surface area contributed by atoms with E-state index in [-0.39, 0.29) is 5.91 Å². The van der Waals surface area contributed by atoms with Crippen molar-refractivity contribution >= 4 is 17.3 Å². The van der Waals surface area contributed by atoms with Crippen LogP contribution in [-0.4, -0.2) is 20.1 Å². The second-order valence-electron chi connectivity index (χ2n) is 3.64. The minimum absolute atomic E-state index is 0.134. The second kappa shape index (κ2) is 3.46. The van der Waals surface area contributed by atoms with Gasteiger partial charge in [-0.1, -0.05) is 0 Å². The molecule has 0 radical (unpaired) electrons. The topological polar surface area (TPSA) is 55.6 Å². The van der Waals surface area contributed by atoms with Crippen molar-refractivity contribution in [3.8, 4) is 5.75 Å². The number of rotatable bonds is 1. The first-order chi connectivity index (χ1) is 7.15. The lowest BCUT2D eigenvalue weighted by atomic mass is 9.99. The number of carbonyl (C=O) groups excluding carboxylic acids is 1. The molecule has 0 saturated carbocycles. The van der Waals surface area contributed by atoms with Crippen molar-refractivity contribution in [3.05, 3.63) is 17.7 Å². The molecule has 0 unspecified atom stereocenters. The van der Waals surface area contributed by atoms with Crippen LogP contribution in [0.25, 0.3) is 0 Å². The summed E-state index contributed by atoms with van der Waals surface area (Å²) in [5.41, 5.74) is 8.36. The van der Waals surface area contributed by atoms with Gasteiger partial charge in [-0.25, -0.2) is 0 Å². The van der Waals surface area contributed by atoms with E-state index in [0.29, 0.717) is 24.3 Å². The zero-order valence-electron chi connectivity index (χ0n) is 8.91. The molecule has 0 aliphatic carbocycles. The molecule has 0 fully saturated rings. The fourth-order valence-corrected chi connectivity index (χ4v) is 1.97. The van der Waals surface area contributed by atoms with Crippen LogP contribution >= 0.6 is 0 Å². The lowest BCUT2D eigenvalue weighted by Gasteiger charge is -2.27. The van der Waals surface area contributed by atoms with Crippen molar-refractivity contribution in [2.75, 3.05) is 24.8 Å². The number of fused-ring (bicyclic) bond motifs is 1. The molecule has 4 nitrogen and oxygen atoms in total. The van der Waals surface area contributed by atoms with E-state index in [0.717, 1.165) is 11.3 Å². The van der Waals surface area contributed by atoms with Crippen LogP contribution in [-0.2, 0) is 11.2 Å². The number of hydrogen-bond acceptors (Lipinski definition) is 3. The van der Waals surface area contributed by atoms with Crippen LogP contribution in [0.15, 0.2) is 12.1 Å². The van der Waals surface area contributed by atoms with E-state index in [2.05, 4.69) is 0 Å². The van der Waals surface area contributed by atoms with Gasteiger partial charge in [0.25, 0.3) is 0 Å². The maximum atomic E-state index is 11.5. The Labute approximate surface area is 88.6 Å². The molecule has 1 aliphatic heterocycles. The Morgan fingerprint density at radius 1 is 1.40 bits per heavy atom. The van der Waals surface area contributed by atoms with Crippen molar-refractivity contribution in [3.63, 3.8) is 0 Å². The van der Waals surface area contributed by atoms with Gasteiger partial charge in [-0.3, -0.25) is 4.79 Å². The van der Waals surface area contributed by atoms with E-state index in [1.165, 1.54) is 0 Å². The number of methoxy groups -OCH3 is 1. The monoisotopic (exact) mass is 206 g/mol. The average Bonchev–Trinajstić information content (AvgIpc) is 2.23. The molecular weight excluding hydrogens is 192 g/mol. The van der Waals surface area contributed by atoms with Gasteiger partial charge in [0.2, 0.25) is 5.91 Å². The Bertz CT molecular complexity index is 415. The van der Waals surface area contributed by atoms with Gasteiger partial charge in [0.15, 0.2) is 0 Å². The van der Waals surface area contributed by atoms with Crippen molar-refractivity contribution in [1.29, 1.82) is 0 Å². The number of nitrogen functional groups attached to an aromatic ring is 1.